The monoisotopic (exact) mass is 313 g/mol. The van der Waals surface area contributed by atoms with Crippen molar-refractivity contribution in [2.75, 3.05) is 5.73 Å². The summed E-state index contributed by atoms with van der Waals surface area (Å²) >= 11 is 0. The molecule has 0 amide bonds. The van der Waals surface area contributed by atoms with Crippen molar-refractivity contribution < 1.29 is 13.7 Å². The summed E-state index contributed by atoms with van der Waals surface area (Å²) in [4.78, 5) is 0. The number of nitrogens with two attached hydrogens (primary N) is 1. The number of nitrogen functional groups attached to an aromatic ring is 1. The molecule has 23 heavy (non-hydrogen) atoms. The fourth-order valence-electron chi connectivity index (χ4n) is 2.63. The maximum absolute atomic E-state index is 13.4. The molecule has 1 aliphatic heterocycles. The molecule has 1 heterocycles. The summed E-state index contributed by atoms with van der Waals surface area (Å²) in [5.41, 5.74) is 8.37. The molecule has 0 bridgehead atoms. The van der Waals surface area contributed by atoms with E-state index in [0.717, 1.165) is 16.6 Å². The Labute approximate surface area is 136 Å². The van der Waals surface area contributed by atoms with Crippen molar-refractivity contribution in [1.29, 1.82) is 0 Å². The van der Waals surface area contributed by atoms with Gasteiger partial charge in [0.05, 0.1) is 11.2 Å². The van der Waals surface area contributed by atoms with Gasteiger partial charge in [-0.2, -0.15) is 0 Å². The van der Waals surface area contributed by atoms with Gasteiger partial charge < -0.3 is 15.0 Å². The predicted molar refractivity (Wildman–Crippen MR) is 92.0 cm³/mol. The van der Waals surface area contributed by atoms with Crippen LogP contribution in [0.5, 0.6) is 0 Å². The van der Waals surface area contributed by atoms with Gasteiger partial charge in [-0.15, -0.1) is 0 Å². The molecule has 0 saturated carbocycles. The Morgan fingerprint density at radius 3 is 2.17 bits per heavy atom. The molecule has 3 nitrogen and oxygen atoms in total. The van der Waals surface area contributed by atoms with Crippen LogP contribution in [0, 0.1) is 5.82 Å². The van der Waals surface area contributed by atoms with E-state index in [4.69, 9.17) is 15.0 Å². The van der Waals surface area contributed by atoms with Crippen molar-refractivity contribution in [1.82, 2.24) is 0 Å². The van der Waals surface area contributed by atoms with Gasteiger partial charge in [-0.1, -0.05) is 24.3 Å². The Morgan fingerprint density at radius 1 is 0.957 bits per heavy atom. The Bertz CT molecular complexity index is 730. The zero-order valence-electron chi connectivity index (χ0n) is 13.9. The first-order valence-electron chi connectivity index (χ1n) is 7.71. The van der Waals surface area contributed by atoms with Crippen LogP contribution < -0.4 is 11.2 Å². The lowest BCUT2D eigenvalue weighted by Gasteiger charge is -2.32. The molecule has 2 aromatic carbocycles. The zero-order valence-corrected chi connectivity index (χ0v) is 13.9. The van der Waals surface area contributed by atoms with Gasteiger partial charge in [-0.05, 0) is 56.9 Å². The maximum Gasteiger partial charge on any atom is 0.494 e. The average Bonchev–Trinajstić information content (AvgIpc) is 2.67. The lowest BCUT2D eigenvalue weighted by atomic mass is 9.78. The van der Waals surface area contributed by atoms with Crippen LogP contribution in [0.2, 0.25) is 0 Å². The highest BCUT2D eigenvalue weighted by Crippen LogP contribution is 2.37. The van der Waals surface area contributed by atoms with Crippen LogP contribution in [0.1, 0.15) is 27.7 Å². The molecule has 0 aromatic heterocycles. The quantitative estimate of drug-likeness (QED) is 0.683. The van der Waals surface area contributed by atoms with Crippen molar-refractivity contribution in [3.63, 3.8) is 0 Å². The standard InChI is InChI=1S/C18H21BFNO2/c1-17(2)18(3,4)23-19(22-17)13-8-9-15(16(21)11-13)12-6-5-7-14(20)10-12/h5-11H,21H2,1-4H3. The summed E-state index contributed by atoms with van der Waals surface area (Å²) in [6.45, 7) is 8.05. The first kappa shape index (κ1) is 16.0. The van der Waals surface area contributed by atoms with Crippen LogP contribution in [-0.2, 0) is 9.31 Å². The fraction of sp³-hybridized carbons (Fsp3) is 0.333. The topological polar surface area (TPSA) is 44.5 Å². The van der Waals surface area contributed by atoms with Gasteiger partial charge in [0.25, 0.3) is 0 Å². The van der Waals surface area contributed by atoms with Crippen molar-refractivity contribution >= 4 is 18.3 Å². The van der Waals surface area contributed by atoms with Crippen molar-refractivity contribution in [3.8, 4) is 11.1 Å². The van der Waals surface area contributed by atoms with E-state index >= 15 is 0 Å². The van der Waals surface area contributed by atoms with Crippen LogP contribution >= 0.6 is 0 Å². The molecular weight excluding hydrogens is 292 g/mol. The number of hydrogen-bond donors (Lipinski definition) is 1. The van der Waals surface area contributed by atoms with Crippen molar-refractivity contribution in [2.45, 2.75) is 38.9 Å². The summed E-state index contributed by atoms with van der Waals surface area (Å²) in [7, 11) is -0.455. The molecular formula is C18H21BFNO2. The van der Waals surface area contributed by atoms with Crippen LogP contribution in [0.15, 0.2) is 42.5 Å². The maximum atomic E-state index is 13.4. The number of halogens is 1. The average molecular weight is 313 g/mol. The highest BCUT2D eigenvalue weighted by atomic mass is 19.1. The van der Waals surface area contributed by atoms with Crippen molar-refractivity contribution in [2.24, 2.45) is 0 Å². The molecule has 2 N–H and O–H groups in total. The molecule has 1 fully saturated rings. The summed E-state index contributed by atoms with van der Waals surface area (Å²) in [6, 6.07) is 12.0. The molecule has 0 atom stereocenters. The normalized spacial score (nSPS) is 19.1. The number of hydrogen-bond acceptors (Lipinski definition) is 3. The van der Waals surface area contributed by atoms with Crippen LogP contribution in [0.3, 0.4) is 0 Å². The third-order valence-electron chi connectivity index (χ3n) is 4.74. The Kier molecular flexibility index (Phi) is 3.73. The highest BCUT2D eigenvalue weighted by molar-refractivity contribution is 6.62. The van der Waals surface area contributed by atoms with Gasteiger partial charge in [0, 0.05) is 11.3 Å². The van der Waals surface area contributed by atoms with Gasteiger partial charge in [-0.25, -0.2) is 4.39 Å². The summed E-state index contributed by atoms with van der Waals surface area (Å²) in [6.07, 6.45) is 0. The third-order valence-corrected chi connectivity index (χ3v) is 4.74. The fourth-order valence-corrected chi connectivity index (χ4v) is 2.63. The smallest absolute Gasteiger partial charge is 0.399 e. The van der Waals surface area contributed by atoms with Gasteiger partial charge in [0.15, 0.2) is 0 Å². The van der Waals surface area contributed by atoms with E-state index < -0.39 is 18.3 Å². The number of rotatable bonds is 2. The van der Waals surface area contributed by atoms with Crippen LogP contribution in [0.4, 0.5) is 10.1 Å². The minimum absolute atomic E-state index is 0.281. The zero-order chi connectivity index (χ0) is 16.8. The molecule has 1 aliphatic rings. The molecule has 1 saturated heterocycles. The second kappa shape index (κ2) is 5.36. The Morgan fingerprint density at radius 2 is 1.61 bits per heavy atom. The molecule has 120 valence electrons. The van der Waals surface area contributed by atoms with E-state index in [-0.39, 0.29) is 5.82 Å². The Balaban J connectivity index is 1.92. The first-order chi connectivity index (χ1) is 10.7. The summed E-state index contributed by atoms with van der Waals surface area (Å²) < 4.78 is 25.5. The highest BCUT2D eigenvalue weighted by Gasteiger charge is 2.51. The molecule has 0 radical (unpaired) electrons. The largest absolute Gasteiger partial charge is 0.494 e. The summed E-state index contributed by atoms with van der Waals surface area (Å²) in [5, 5.41) is 0. The van der Waals surface area contributed by atoms with Gasteiger partial charge in [0.1, 0.15) is 5.82 Å². The minimum atomic E-state index is -0.455. The second-order valence-corrected chi connectivity index (χ2v) is 6.95. The third kappa shape index (κ3) is 2.86. The first-order valence-corrected chi connectivity index (χ1v) is 7.71. The van der Waals surface area contributed by atoms with E-state index in [9.17, 15) is 4.39 Å². The number of anilines is 1. The van der Waals surface area contributed by atoms with E-state index in [2.05, 4.69) is 0 Å². The van der Waals surface area contributed by atoms with E-state index in [1.54, 1.807) is 6.07 Å². The molecule has 0 unspecified atom stereocenters. The predicted octanol–water partition coefficient (Wildman–Crippen LogP) is 3.37. The second-order valence-electron chi connectivity index (χ2n) is 6.95. The molecule has 0 spiro atoms. The van der Waals surface area contributed by atoms with Crippen LogP contribution in [0.25, 0.3) is 11.1 Å². The van der Waals surface area contributed by atoms with E-state index in [1.165, 1.54) is 12.1 Å². The molecule has 2 aromatic rings. The minimum Gasteiger partial charge on any atom is -0.399 e. The lowest BCUT2D eigenvalue weighted by molar-refractivity contribution is 0.00578. The Hall–Kier alpha value is -1.85. The summed E-state index contributed by atoms with van der Waals surface area (Å²) in [5.74, 6) is -0.281. The SMILES string of the molecule is CC1(C)OB(c2ccc(-c3cccc(F)c3)c(N)c2)OC1(C)C. The number of benzene rings is 2. The van der Waals surface area contributed by atoms with E-state index in [0.29, 0.717) is 5.69 Å². The molecule has 3 rings (SSSR count). The van der Waals surface area contributed by atoms with Crippen LogP contribution in [-0.4, -0.2) is 18.3 Å². The molecule has 0 aliphatic carbocycles. The van der Waals surface area contributed by atoms with Crippen molar-refractivity contribution in [3.05, 3.63) is 48.3 Å². The van der Waals surface area contributed by atoms with Gasteiger partial charge in [0.2, 0.25) is 0 Å². The lowest BCUT2D eigenvalue weighted by Crippen LogP contribution is -2.41. The van der Waals surface area contributed by atoms with Gasteiger partial charge in [-0.3, -0.25) is 0 Å². The van der Waals surface area contributed by atoms with E-state index in [1.807, 2.05) is 52.0 Å². The van der Waals surface area contributed by atoms with Gasteiger partial charge >= 0.3 is 7.12 Å². The molecule has 5 heteroatoms.